The van der Waals surface area contributed by atoms with Crippen LogP contribution < -0.4 is 5.73 Å². The van der Waals surface area contributed by atoms with Crippen LogP contribution in [0.3, 0.4) is 0 Å². The average molecular weight is 414 g/mol. The standard InChI is InChI=1S/C26H31N5/c1-25(2,3)23(27)30-21-19(17-13-9-7-10-14-17)20(18-15-11-8-12-16-18)22(29-21)31-24(28)26(4,5)6/h7-16H,1-6H3,(H3,27,28,29,30,31). The van der Waals surface area contributed by atoms with E-state index in [-0.39, 0.29) is 11.3 Å². The van der Waals surface area contributed by atoms with E-state index in [2.05, 4.69) is 4.99 Å². The topological polar surface area (TPSA) is 87.0 Å². The number of aliphatic imine (C=N–C) groups is 3. The van der Waals surface area contributed by atoms with Crippen molar-refractivity contribution in [1.29, 1.82) is 5.41 Å². The van der Waals surface area contributed by atoms with Crippen LogP contribution in [0.15, 0.2) is 75.6 Å². The summed E-state index contributed by atoms with van der Waals surface area (Å²) in [6, 6.07) is 20.1. The molecule has 0 saturated heterocycles. The summed E-state index contributed by atoms with van der Waals surface area (Å²) in [6.45, 7) is 12.0. The van der Waals surface area contributed by atoms with Crippen molar-refractivity contribution in [3.8, 4) is 0 Å². The normalized spacial score (nSPS) is 16.6. The molecule has 1 heterocycles. The van der Waals surface area contributed by atoms with E-state index in [1.165, 1.54) is 0 Å². The molecule has 0 unspecified atom stereocenters. The van der Waals surface area contributed by atoms with Crippen molar-refractivity contribution in [2.45, 2.75) is 41.5 Å². The lowest BCUT2D eigenvalue weighted by atomic mass is 9.93. The molecule has 3 N–H and O–H groups in total. The van der Waals surface area contributed by atoms with Crippen molar-refractivity contribution in [2.24, 2.45) is 31.5 Å². The predicted octanol–water partition coefficient (Wildman–Crippen LogP) is 5.83. The molecule has 0 saturated carbocycles. The van der Waals surface area contributed by atoms with Gasteiger partial charge < -0.3 is 5.73 Å². The minimum Gasteiger partial charge on any atom is -0.387 e. The zero-order valence-electron chi connectivity index (χ0n) is 19.2. The highest BCUT2D eigenvalue weighted by molar-refractivity contribution is 6.51. The molecule has 0 radical (unpaired) electrons. The molecule has 1 aliphatic rings. The van der Waals surface area contributed by atoms with Crippen LogP contribution in [0, 0.1) is 16.2 Å². The predicted molar refractivity (Wildman–Crippen MR) is 133 cm³/mol. The van der Waals surface area contributed by atoms with Gasteiger partial charge in [0.2, 0.25) is 0 Å². The molecule has 0 atom stereocenters. The van der Waals surface area contributed by atoms with Gasteiger partial charge in [-0.2, -0.15) is 0 Å². The van der Waals surface area contributed by atoms with Gasteiger partial charge in [-0.05, 0) is 11.1 Å². The number of hydrogen-bond acceptors (Lipinski definition) is 2. The smallest absolute Gasteiger partial charge is 0.165 e. The Morgan fingerprint density at radius 3 is 1.71 bits per heavy atom. The Morgan fingerprint density at radius 1 is 0.774 bits per heavy atom. The fraction of sp³-hybridized carbons (Fsp3) is 0.308. The van der Waals surface area contributed by atoms with Crippen molar-refractivity contribution < 1.29 is 0 Å². The fourth-order valence-corrected chi connectivity index (χ4v) is 2.91. The van der Waals surface area contributed by atoms with Crippen molar-refractivity contribution in [3.05, 3.63) is 71.8 Å². The Balaban J connectivity index is 2.33. The molecule has 31 heavy (non-hydrogen) atoms. The maximum Gasteiger partial charge on any atom is 0.165 e. The van der Waals surface area contributed by atoms with E-state index in [4.69, 9.17) is 21.1 Å². The molecule has 0 aromatic heterocycles. The molecule has 1 aliphatic heterocycles. The van der Waals surface area contributed by atoms with Crippen LogP contribution in [0.25, 0.3) is 11.1 Å². The highest BCUT2D eigenvalue weighted by Gasteiger charge is 2.30. The Labute approximate surface area is 185 Å². The van der Waals surface area contributed by atoms with Crippen LogP contribution in [0.2, 0.25) is 0 Å². The number of amidine groups is 4. The maximum absolute atomic E-state index is 8.49. The molecular formula is C26H31N5. The number of nitrogens with zero attached hydrogens (tertiary/aromatic N) is 3. The maximum atomic E-state index is 8.49. The van der Waals surface area contributed by atoms with Gasteiger partial charge in [0.1, 0.15) is 11.7 Å². The lowest BCUT2D eigenvalue weighted by Gasteiger charge is -2.17. The summed E-state index contributed by atoms with van der Waals surface area (Å²) < 4.78 is 0. The first-order valence-corrected chi connectivity index (χ1v) is 10.5. The second kappa shape index (κ2) is 8.42. The van der Waals surface area contributed by atoms with Crippen LogP contribution in [-0.2, 0) is 0 Å². The molecule has 3 rings (SSSR count). The molecule has 160 valence electrons. The second-order valence-corrected chi connectivity index (χ2v) is 9.70. The van der Waals surface area contributed by atoms with Gasteiger partial charge in [-0.3, -0.25) is 5.41 Å². The minimum atomic E-state index is -0.395. The molecule has 0 spiro atoms. The Hall–Kier alpha value is -3.34. The third-order valence-electron chi connectivity index (χ3n) is 4.96. The summed E-state index contributed by atoms with van der Waals surface area (Å²) in [6.07, 6.45) is 0. The summed E-state index contributed by atoms with van der Waals surface area (Å²) in [5.74, 6) is 1.78. The monoisotopic (exact) mass is 413 g/mol. The first-order chi connectivity index (χ1) is 14.5. The van der Waals surface area contributed by atoms with E-state index < -0.39 is 5.41 Å². The molecule has 0 amide bonds. The summed E-state index contributed by atoms with van der Waals surface area (Å²) in [4.78, 5) is 14.2. The molecule has 5 nitrogen and oxygen atoms in total. The van der Waals surface area contributed by atoms with Crippen LogP contribution in [0.4, 0.5) is 0 Å². The summed E-state index contributed by atoms with van der Waals surface area (Å²) in [5, 5.41) is 8.49. The van der Waals surface area contributed by atoms with E-state index >= 15 is 0 Å². The molecule has 2 aromatic rings. The Morgan fingerprint density at radius 2 is 1.26 bits per heavy atom. The van der Waals surface area contributed by atoms with Gasteiger partial charge in [0, 0.05) is 22.0 Å². The van der Waals surface area contributed by atoms with Crippen LogP contribution >= 0.6 is 0 Å². The van der Waals surface area contributed by atoms with Gasteiger partial charge >= 0.3 is 0 Å². The zero-order valence-corrected chi connectivity index (χ0v) is 19.2. The van der Waals surface area contributed by atoms with Crippen molar-refractivity contribution in [3.63, 3.8) is 0 Å². The second-order valence-electron chi connectivity index (χ2n) is 9.70. The van der Waals surface area contributed by atoms with Crippen LogP contribution in [-0.4, -0.2) is 23.3 Å². The molecular weight excluding hydrogens is 382 g/mol. The lowest BCUT2D eigenvalue weighted by molar-refractivity contribution is 0.581. The highest BCUT2D eigenvalue weighted by Crippen LogP contribution is 2.35. The van der Waals surface area contributed by atoms with Gasteiger partial charge in [0.15, 0.2) is 11.7 Å². The van der Waals surface area contributed by atoms with Crippen molar-refractivity contribution in [2.75, 3.05) is 0 Å². The lowest BCUT2D eigenvalue weighted by Crippen LogP contribution is -2.30. The summed E-state index contributed by atoms with van der Waals surface area (Å²) >= 11 is 0. The fourth-order valence-electron chi connectivity index (χ4n) is 2.91. The quantitative estimate of drug-likeness (QED) is 0.470. The average Bonchev–Trinajstić information content (AvgIpc) is 3.05. The third-order valence-corrected chi connectivity index (χ3v) is 4.96. The first-order valence-electron chi connectivity index (χ1n) is 10.5. The molecule has 2 aromatic carbocycles. The summed E-state index contributed by atoms with van der Waals surface area (Å²) in [5.41, 5.74) is 9.34. The van der Waals surface area contributed by atoms with Gasteiger partial charge in [-0.25, -0.2) is 15.0 Å². The van der Waals surface area contributed by atoms with E-state index in [0.717, 1.165) is 22.3 Å². The Bertz CT molecular complexity index is 1090. The number of hydrogen-bond donors (Lipinski definition) is 2. The van der Waals surface area contributed by atoms with Crippen LogP contribution in [0.5, 0.6) is 0 Å². The Kier molecular flexibility index (Phi) is 6.07. The molecule has 5 heteroatoms. The first kappa shape index (κ1) is 22.3. The summed E-state index contributed by atoms with van der Waals surface area (Å²) in [7, 11) is 0. The van der Waals surface area contributed by atoms with Gasteiger partial charge in [0.05, 0.1) is 0 Å². The SMILES string of the molecule is CC(C)(C)C(=N)N=C1N=C(N=C(N)C(C)(C)C)C(c2ccccc2)=C1c1ccccc1. The number of nitrogens with two attached hydrogens (primary N) is 1. The van der Waals surface area contributed by atoms with E-state index in [9.17, 15) is 0 Å². The highest BCUT2D eigenvalue weighted by atomic mass is 15.1. The number of rotatable bonds is 2. The third kappa shape index (κ3) is 5.05. The minimum absolute atomic E-state index is 0.265. The molecule has 0 aliphatic carbocycles. The van der Waals surface area contributed by atoms with E-state index in [1.807, 2.05) is 102 Å². The molecule has 0 fully saturated rings. The van der Waals surface area contributed by atoms with Crippen molar-refractivity contribution >= 4 is 34.5 Å². The number of benzene rings is 2. The van der Waals surface area contributed by atoms with E-state index in [1.54, 1.807) is 0 Å². The zero-order chi connectivity index (χ0) is 22.8. The van der Waals surface area contributed by atoms with Gasteiger partial charge in [-0.1, -0.05) is 102 Å². The molecule has 0 bridgehead atoms. The number of nitrogens with one attached hydrogen (secondary N) is 1. The van der Waals surface area contributed by atoms with Gasteiger partial charge in [-0.15, -0.1) is 0 Å². The van der Waals surface area contributed by atoms with Crippen molar-refractivity contribution in [1.82, 2.24) is 0 Å². The van der Waals surface area contributed by atoms with Gasteiger partial charge in [0.25, 0.3) is 0 Å². The largest absolute Gasteiger partial charge is 0.387 e. The van der Waals surface area contributed by atoms with Crippen LogP contribution in [0.1, 0.15) is 52.7 Å². The van der Waals surface area contributed by atoms with E-state index in [0.29, 0.717) is 17.5 Å².